The maximum Gasteiger partial charge on any atom is 0.0639 e. The van der Waals surface area contributed by atoms with Crippen molar-refractivity contribution in [2.45, 2.75) is 6.92 Å². The lowest BCUT2D eigenvalue weighted by Crippen LogP contribution is -1.99. The van der Waals surface area contributed by atoms with Crippen LogP contribution in [0.3, 0.4) is 0 Å². The van der Waals surface area contributed by atoms with Gasteiger partial charge in [0.25, 0.3) is 0 Å². The van der Waals surface area contributed by atoms with Gasteiger partial charge in [0.05, 0.1) is 5.71 Å². The Kier molecular flexibility index (Phi) is 1.86. The summed E-state index contributed by atoms with van der Waals surface area (Å²) < 4.78 is 0. The number of nitrogens with zero attached hydrogens (tertiary/aromatic N) is 1. The smallest absolute Gasteiger partial charge is 0.0639 e. The van der Waals surface area contributed by atoms with Crippen LogP contribution in [0.2, 0.25) is 0 Å². The molecule has 0 heterocycles. The largest absolute Gasteiger partial charge is 0.288 e. The average molecular weight is 133 g/mol. The SMILES string of the molecule is C=C1C=CC(C)=C/C1=N/C. The zero-order valence-electron chi connectivity index (χ0n) is 6.39. The van der Waals surface area contributed by atoms with Gasteiger partial charge in [-0.3, -0.25) is 4.99 Å². The Morgan fingerprint density at radius 1 is 1.40 bits per heavy atom. The molecule has 0 atom stereocenters. The van der Waals surface area contributed by atoms with E-state index in [1.807, 2.05) is 25.2 Å². The molecule has 1 aliphatic carbocycles. The number of hydrogen-bond acceptors (Lipinski definition) is 1. The van der Waals surface area contributed by atoms with Crippen molar-refractivity contribution in [3.8, 4) is 0 Å². The highest BCUT2D eigenvalue weighted by atomic mass is 14.7. The first-order valence-electron chi connectivity index (χ1n) is 3.26. The van der Waals surface area contributed by atoms with Crippen molar-refractivity contribution in [2.75, 3.05) is 7.05 Å². The summed E-state index contributed by atoms with van der Waals surface area (Å²) in [6, 6.07) is 0. The minimum atomic E-state index is 0.986. The van der Waals surface area contributed by atoms with Crippen molar-refractivity contribution in [3.05, 3.63) is 36.0 Å². The third-order valence-electron chi connectivity index (χ3n) is 1.48. The molecule has 1 nitrogen and oxygen atoms in total. The van der Waals surface area contributed by atoms with Gasteiger partial charge in [-0.15, -0.1) is 0 Å². The number of rotatable bonds is 0. The molecule has 0 aromatic carbocycles. The Morgan fingerprint density at radius 3 is 2.60 bits per heavy atom. The molecule has 0 saturated carbocycles. The fourth-order valence-corrected chi connectivity index (χ4v) is 0.882. The van der Waals surface area contributed by atoms with E-state index in [0.29, 0.717) is 0 Å². The molecule has 1 heteroatoms. The molecular weight excluding hydrogens is 122 g/mol. The van der Waals surface area contributed by atoms with Gasteiger partial charge >= 0.3 is 0 Å². The zero-order chi connectivity index (χ0) is 7.56. The minimum Gasteiger partial charge on any atom is -0.288 e. The van der Waals surface area contributed by atoms with Crippen molar-refractivity contribution in [1.82, 2.24) is 0 Å². The second kappa shape index (κ2) is 2.65. The fourth-order valence-electron chi connectivity index (χ4n) is 0.882. The Balaban J connectivity index is 2.99. The van der Waals surface area contributed by atoms with Gasteiger partial charge < -0.3 is 0 Å². The fraction of sp³-hybridized carbons (Fsp3) is 0.222. The maximum atomic E-state index is 4.07. The van der Waals surface area contributed by atoms with E-state index in [4.69, 9.17) is 0 Å². The molecule has 1 rings (SSSR count). The monoisotopic (exact) mass is 133 g/mol. The van der Waals surface area contributed by atoms with Crippen LogP contribution in [0.4, 0.5) is 0 Å². The van der Waals surface area contributed by atoms with Gasteiger partial charge in [-0.1, -0.05) is 18.7 Å². The predicted octanol–water partition coefficient (Wildman–Crippen LogP) is 2.13. The minimum absolute atomic E-state index is 0.986. The van der Waals surface area contributed by atoms with Gasteiger partial charge in [-0.2, -0.15) is 0 Å². The quantitative estimate of drug-likeness (QED) is 0.480. The molecule has 0 spiro atoms. The van der Waals surface area contributed by atoms with E-state index in [1.165, 1.54) is 5.57 Å². The zero-order valence-corrected chi connectivity index (χ0v) is 6.39. The summed E-state index contributed by atoms with van der Waals surface area (Å²) in [6.45, 7) is 5.89. The molecule has 0 N–H and O–H groups in total. The standard InChI is InChI=1S/C9H11N/c1-7-4-5-8(2)9(6-7)10-3/h4-6H,2H2,1,3H3/b10-9-. The van der Waals surface area contributed by atoms with E-state index in [0.717, 1.165) is 11.3 Å². The third-order valence-corrected chi connectivity index (χ3v) is 1.48. The van der Waals surface area contributed by atoms with E-state index in [-0.39, 0.29) is 0 Å². The number of allylic oxidation sites excluding steroid dienone is 5. The van der Waals surface area contributed by atoms with Crippen LogP contribution in [0, 0.1) is 0 Å². The Morgan fingerprint density at radius 2 is 2.10 bits per heavy atom. The van der Waals surface area contributed by atoms with Crippen molar-refractivity contribution in [2.24, 2.45) is 4.99 Å². The van der Waals surface area contributed by atoms with Crippen LogP contribution in [0.15, 0.2) is 40.9 Å². The Bertz CT molecular complexity index is 241. The van der Waals surface area contributed by atoms with Crippen molar-refractivity contribution in [1.29, 1.82) is 0 Å². The number of hydrogen-bond donors (Lipinski definition) is 0. The molecule has 0 fully saturated rings. The summed E-state index contributed by atoms with van der Waals surface area (Å²) in [5.74, 6) is 0. The van der Waals surface area contributed by atoms with Gasteiger partial charge in [0.1, 0.15) is 0 Å². The first kappa shape index (κ1) is 7.00. The summed E-state index contributed by atoms with van der Waals surface area (Å²) >= 11 is 0. The highest BCUT2D eigenvalue weighted by Crippen LogP contribution is 2.10. The van der Waals surface area contributed by atoms with Crippen LogP contribution in [0.5, 0.6) is 0 Å². The van der Waals surface area contributed by atoms with E-state index >= 15 is 0 Å². The topological polar surface area (TPSA) is 12.4 Å². The molecule has 0 amide bonds. The molecule has 1 aliphatic rings. The molecule has 52 valence electrons. The van der Waals surface area contributed by atoms with Gasteiger partial charge in [0.2, 0.25) is 0 Å². The first-order chi connectivity index (χ1) is 4.74. The third kappa shape index (κ3) is 1.24. The van der Waals surface area contributed by atoms with E-state index in [1.54, 1.807) is 7.05 Å². The predicted molar refractivity (Wildman–Crippen MR) is 45.4 cm³/mol. The van der Waals surface area contributed by atoms with Crippen LogP contribution in [-0.4, -0.2) is 12.8 Å². The highest BCUT2D eigenvalue weighted by Gasteiger charge is 2.01. The molecule has 0 unspecified atom stereocenters. The van der Waals surface area contributed by atoms with Gasteiger partial charge in [-0.25, -0.2) is 0 Å². The van der Waals surface area contributed by atoms with Crippen LogP contribution >= 0.6 is 0 Å². The average Bonchev–Trinajstić information content (AvgIpc) is 1.94. The van der Waals surface area contributed by atoms with Gasteiger partial charge in [0.15, 0.2) is 0 Å². The molecule has 0 aromatic rings. The lowest BCUT2D eigenvalue weighted by atomic mass is 10.0. The summed E-state index contributed by atoms with van der Waals surface area (Å²) in [4.78, 5) is 4.07. The molecule has 0 aromatic heterocycles. The second-order valence-electron chi connectivity index (χ2n) is 2.36. The van der Waals surface area contributed by atoms with Gasteiger partial charge in [-0.05, 0) is 24.1 Å². The first-order valence-corrected chi connectivity index (χ1v) is 3.26. The van der Waals surface area contributed by atoms with E-state index < -0.39 is 0 Å². The highest BCUT2D eigenvalue weighted by molar-refractivity contribution is 6.11. The maximum absolute atomic E-state index is 4.07. The molecule has 0 saturated heterocycles. The summed E-state index contributed by atoms with van der Waals surface area (Å²) in [5, 5.41) is 0. The van der Waals surface area contributed by atoms with E-state index in [9.17, 15) is 0 Å². The van der Waals surface area contributed by atoms with Crippen molar-refractivity contribution < 1.29 is 0 Å². The molecule has 0 radical (unpaired) electrons. The van der Waals surface area contributed by atoms with Crippen LogP contribution in [0.1, 0.15) is 6.92 Å². The lowest BCUT2D eigenvalue weighted by Gasteiger charge is -2.05. The van der Waals surface area contributed by atoms with Crippen LogP contribution in [0.25, 0.3) is 0 Å². The Hall–Kier alpha value is -1.11. The summed E-state index contributed by atoms with van der Waals surface area (Å²) in [5.41, 5.74) is 3.21. The Labute approximate surface area is 61.5 Å². The number of aliphatic imine (C=N–C) groups is 1. The van der Waals surface area contributed by atoms with Crippen LogP contribution < -0.4 is 0 Å². The summed E-state index contributed by atoms with van der Waals surface area (Å²) in [7, 11) is 1.78. The molecule has 0 aliphatic heterocycles. The molecular formula is C9H11N. The molecule has 10 heavy (non-hydrogen) atoms. The van der Waals surface area contributed by atoms with Crippen molar-refractivity contribution >= 4 is 5.71 Å². The van der Waals surface area contributed by atoms with Gasteiger partial charge in [0, 0.05) is 7.05 Å². The summed E-state index contributed by atoms with van der Waals surface area (Å²) in [6.07, 6.45) is 6.05. The second-order valence-corrected chi connectivity index (χ2v) is 2.36. The lowest BCUT2D eigenvalue weighted by molar-refractivity contribution is 1.41. The van der Waals surface area contributed by atoms with E-state index in [2.05, 4.69) is 11.6 Å². The normalized spacial score (nSPS) is 21.6. The van der Waals surface area contributed by atoms with Crippen LogP contribution in [-0.2, 0) is 0 Å². The van der Waals surface area contributed by atoms with Crippen molar-refractivity contribution in [3.63, 3.8) is 0 Å². The molecule has 0 bridgehead atoms.